The smallest absolute Gasteiger partial charge is 0.130 e. The van der Waals surface area contributed by atoms with E-state index in [9.17, 15) is 0 Å². The van der Waals surface area contributed by atoms with Crippen LogP contribution in [0.15, 0.2) is 42.5 Å². The fourth-order valence-corrected chi connectivity index (χ4v) is 1.42. The van der Waals surface area contributed by atoms with E-state index in [0.29, 0.717) is 18.9 Å². The van der Waals surface area contributed by atoms with E-state index in [1.165, 1.54) is 0 Å². The lowest BCUT2D eigenvalue weighted by Crippen LogP contribution is -2.04. The Balaban J connectivity index is 1.99. The summed E-state index contributed by atoms with van der Waals surface area (Å²) in [6, 6.07) is 12.3. The summed E-state index contributed by atoms with van der Waals surface area (Å²) < 4.78 is 5.53. The highest BCUT2D eigenvalue weighted by molar-refractivity contribution is 5.30. The van der Waals surface area contributed by atoms with Crippen molar-refractivity contribution in [1.82, 2.24) is 4.98 Å². The number of rotatable bonds is 4. The van der Waals surface area contributed by atoms with Crippen molar-refractivity contribution in [1.29, 1.82) is 0 Å². The number of aromatic hydroxyl groups is 1. The van der Waals surface area contributed by atoms with Gasteiger partial charge in [0.1, 0.15) is 18.1 Å². The largest absolute Gasteiger partial charge is 0.508 e. The van der Waals surface area contributed by atoms with Gasteiger partial charge in [-0.25, -0.2) is 0 Å². The van der Waals surface area contributed by atoms with Crippen LogP contribution in [0, 0.1) is 0 Å². The molecule has 1 aromatic carbocycles. The molecular weight excluding hydrogens is 216 g/mol. The molecule has 0 spiro atoms. The SMILES string of the molecule is NCc1cccc(COc2ccc(O)cc2)n1. The molecule has 0 saturated heterocycles. The number of nitrogens with zero attached hydrogens (tertiary/aromatic N) is 1. The van der Waals surface area contributed by atoms with Crippen LogP contribution >= 0.6 is 0 Å². The van der Waals surface area contributed by atoms with Crippen LogP contribution < -0.4 is 10.5 Å². The number of ether oxygens (including phenoxy) is 1. The molecular formula is C13H14N2O2. The van der Waals surface area contributed by atoms with Crippen LogP contribution in [0.1, 0.15) is 11.4 Å². The van der Waals surface area contributed by atoms with Crippen LogP contribution in [-0.2, 0) is 13.2 Å². The maximum Gasteiger partial charge on any atom is 0.130 e. The second kappa shape index (κ2) is 5.32. The molecule has 0 aliphatic carbocycles. The molecule has 4 nitrogen and oxygen atoms in total. The van der Waals surface area contributed by atoms with E-state index in [-0.39, 0.29) is 5.75 Å². The Labute approximate surface area is 99.7 Å². The summed E-state index contributed by atoms with van der Waals surface area (Å²) >= 11 is 0. The van der Waals surface area contributed by atoms with Crippen LogP contribution in [0.2, 0.25) is 0 Å². The normalized spacial score (nSPS) is 10.2. The Morgan fingerprint density at radius 3 is 2.47 bits per heavy atom. The van der Waals surface area contributed by atoms with Gasteiger partial charge >= 0.3 is 0 Å². The van der Waals surface area contributed by atoms with Gasteiger partial charge in [0.2, 0.25) is 0 Å². The molecule has 17 heavy (non-hydrogen) atoms. The van der Waals surface area contributed by atoms with E-state index in [0.717, 1.165) is 11.4 Å². The van der Waals surface area contributed by atoms with Gasteiger partial charge in [0, 0.05) is 6.54 Å². The van der Waals surface area contributed by atoms with Crippen molar-refractivity contribution in [2.75, 3.05) is 0 Å². The molecule has 0 saturated carbocycles. The topological polar surface area (TPSA) is 68.4 Å². The molecule has 2 rings (SSSR count). The summed E-state index contributed by atoms with van der Waals surface area (Å²) in [5.41, 5.74) is 7.19. The number of pyridine rings is 1. The monoisotopic (exact) mass is 230 g/mol. The van der Waals surface area contributed by atoms with Crippen molar-refractivity contribution in [3.05, 3.63) is 53.9 Å². The lowest BCUT2D eigenvalue weighted by Gasteiger charge is -2.06. The van der Waals surface area contributed by atoms with E-state index in [4.69, 9.17) is 15.6 Å². The number of hydrogen-bond donors (Lipinski definition) is 2. The van der Waals surface area contributed by atoms with E-state index in [1.807, 2.05) is 18.2 Å². The minimum atomic E-state index is 0.223. The van der Waals surface area contributed by atoms with E-state index >= 15 is 0 Å². The van der Waals surface area contributed by atoms with Gasteiger partial charge in [-0.05, 0) is 36.4 Å². The Morgan fingerprint density at radius 2 is 1.76 bits per heavy atom. The number of phenols is 1. The number of aromatic nitrogens is 1. The first-order valence-electron chi connectivity index (χ1n) is 5.34. The maximum absolute atomic E-state index is 9.13. The van der Waals surface area contributed by atoms with Crippen molar-refractivity contribution in [2.24, 2.45) is 5.73 Å². The second-order valence-corrected chi connectivity index (χ2v) is 3.61. The van der Waals surface area contributed by atoms with Crippen LogP contribution in [0.4, 0.5) is 0 Å². The van der Waals surface area contributed by atoms with E-state index in [2.05, 4.69) is 4.98 Å². The minimum Gasteiger partial charge on any atom is -0.508 e. The molecule has 1 aromatic heterocycles. The molecule has 88 valence electrons. The van der Waals surface area contributed by atoms with Gasteiger partial charge < -0.3 is 15.6 Å². The number of hydrogen-bond acceptors (Lipinski definition) is 4. The number of phenolic OH excluding ortho intramolecular Hbond substituents is 1. The molecule has 0 bridgehead atoms. The van der Waals surface area contributed by atoms with Gasteiger partial charge in [-0.2, -0.15) is 0 Å². The van der Waals surface area contributed by atoms with Gasteiger partial charge in [-0.15, -0.1) is 0 Å². The van der Waals surface area contributed by atoms with Gasteiger partial charge in [0.15, 0.2) is 0 Å². The molecule has 0 aliphatic rings. The highest BCUT2D eigenvalue weighted by Gasteiger charge is 1.98. The van der Waals surface area contributed by atoms with Gasteiger partial charge in [0.05, 0.1) is 11.4 Å². The third-order valence-electron chi connectivity index (χ3n) is 2.30. The Hall–Kier alpha value is -2.07. The van der Waals surface area contributed by atoms with Gasteiger partial charge in [0.25, 0.3) is 0 Å². The number of nitrogens with two attached hydrogens (primary N) is 1. The molecule has 3 N–H and O–H groups in total. The summed E-state index contributed by atoms with van der Waals surface area (Å²) in [5, 5.41) is 9.13. The zero-order valence-corrected chi connectivity index (χ0v) is 9.34. The first-order valence-corrected chi connectivity index (χ1v) is 5.34. The summed E-state index contributed by atoms with van der Waals surface area (Å²) in [5.74, 6) is 0.920. The van der Waals surface area contributed by atoms with Crippen LogP contribution in [0.5, 0.6) is 11.5 Å². The van der Waals surface area contributed by atoms with Crippen molar-refractivity contribution >= 4 is 0 Å². The quantitative estimate of drug-likeness (QED) is 0.840. The Bertz CT molecular complexity index is 483. The van der Waals surface area contributed by atoms with Crippen LogP contribution in [0.25, 0.3) is 0 Å². The molecule has 4 heteroatoms. The highest BCUT2D eigenvalue weighted by Crippen LogP contribution is 2.16. The highest BCUT2D eigenvalue weighted by atomic mass is 16.5. The molecule has 0 amide bonds. The van der Waals surface area contributed by atoms with E-state index in [1.54, 1.807) is 24.3 Å². The average Bonchev–Trinajstić information content (AvgIpc) is 2.38. The van der Waals surface area contributed by atoms with Crippen molar-refractivity contribution < 1.29 is 9.84 Å². The zero-order valence-electron chi connectivity index (χ0n) is 9.34. The third kappa shape index (κ3) is 3.19. The lowest BCUT2D eigenvalue weighted by atomic mass is 10.3. The standard InChI is InChI=1S/C13H14N2O2/c14-8-10-2-1-3-11(15-10)9-17-13-6-4-12(16)5-7-13/h1-7,16H,8-9,14H2. The van der Waals surface area contributed by atoms with Crippen LogP contribution in [-0.4, -0.2) is 10.1 Å². The molecule has 0 unspecified atom stereocenters. The van der Waals surface area contributed by atoms with Crippen molar-refractivity contribution in [3.63, 3.8) is 0 Å². The molecule has 0 fully saturated rings. The summed E-state index contributed by atoms with van der Waals surface area (Å²) in [6.45, 7) is 0.811. The Morgan fingerprint density at radius 1 is 1.06 bits per heavy atom. The van der Waals surface area contributed by atoms with Gasteiger partial charge in [-0.3, -0.25) is 4.98 Å². The van der Waals surface area contributed by atoms with Crippen LogP contribution in [0.3, 0.4) is 0 Å². The molecule has 0 radical (unpaired) electrons. The first-order chi connectivity index (χ1) is 8.28. The molecule has 0 atom stereocenters. The fraction of sp³-hybridized carbons (Fsp3) is 0.154. The van der Waals surface area contributed by atoms with Crippen molar-refractivity contribution in [3.8, 4) is 11.5 Å². The summed E-state index contributed by atoms with van der Waals surface area (Å²) in [7, 11) is 0. The summed E-state index contributed by atoms with van der Waals surface area (Å²) in [6.07, 6.45) is 0. The molecule has 0 aliphatic heterocycles. The van der Waals surface area contributed by atoms with Gasteiger partial charge in [-0.1, -0.05) is 6.07 Å². The molecule has 1 heterocycles. The lowest BCUT2D eigenvalue weighted by molar-refractivity contribution is 0.300. The fourth-order valence-electron chi connectivity index (χ4n) is 1.42. The van der Waals surface area contributed by atoms with E-state index < -0.39 is 0 Å². The average molecular weight is 230 g/mol. The maximum atomic E-state index is 9.13. The second-order valence-electron chi connectivity index (χ2n) is 3.61. The predicted molar refractivity (Wildman–Crippen MR) is 64.6 cm³/mol. The summed E-state index contributed by atoms with van der Waals surface area (Å²) in [4.78, 5) is 4.32. The predicted octanol–water partition coefficient (Wildman–Crippen LogP) is 1.82. The minimum absolute atomic E-state index is 0.223. The first kappa shape index (κ1) is 11.4. The zero-order chi connectivity index (χ0) is 12.1. The number of benzene rings is 1. The molecule has 2 aromatic rings. The third-order valence-corrected chi connectivity index (χ3v) is 2.30. The van der Waals surface area contributed by atoms with Crippen molar-refractivity contribution in [2.45, 2.75) is 13.2 Å². The Kier molecular flexibility index (Phi) is 3.57.